The van der Waals surface area contributed by atoms with Crippen molar-refractivity contribution in [2.45, 2.75) is 0 Å². The van der Waals surface area contributed by atoms with Gasteiger partial charge >= 0.3 is 0 Å². The Morgan fingerprint density at radius 2 is 1.81 bits per heavy atom. The van der Waals surface area contributed by atoms with Gasteiger partial charge in [-0.2, -0.15) is 0 Å². The van der Waals surface area contributed by atoms with Crippen LogP contribution in [0.2, 0.25) is 0 Å². The zero-order valence-corrected chi connectivity index (χ0v) is 17.9. The molecule has 0 saturated carbocycles. The minimum Gasteiger partial charge on any atom is -0.497 e. The average molecular weight is 441 g/mol. The molecule has 3 N–H and O–H groups in total. The van der Waals surface area contributed by atoms with Crippen LogP contribution < -0.4 is 20.4 Å². The van der Waals surface area contributed by atoms with Crippen LogP contribution in [0, 0.1) is 0 Å². The number of nitrogens with one attached hydrogen (secondary N) is 2. The maximum atomic E-state index is 12.5. The number of benzene rings is 2. The third-order valence-corrected chi connectivity index (χ3v) is 6.40. The van der Waals surface area contributed by atoms with Crippen molar-refractivity contribution in [1.29, 1.82) is 0 Å². The number of carbonyl (C=O) groups is 2. The van der Waals surface area contributed by atoms with Gasteiger partial charge in [-0.05, 0) is 47.9 Å². The van der Waals surface area contributed by atoms with E-state index >= 15 is 0 Å². The number of thiophene rings is 1. The van der Waals surface area contributed by atoms with Crippen molar-refractivity contribution >= 4 is 44.6 Å². The predicted molar refractivity (Wildman–Crippen MR) is 121 cm³/mol. The number of rotatable bonds is 6. The SMILES string of the molecule is COc1ccc(N2CCN(CC(=O)Nc3ccc4cc(C(=O)NO)sc4c3)CC2)cc1. The van der Waals surface area contributed by atoms with Gasteiger partial charge in [-0.3, -0.25) is 19.7 Å². The molecule has 1 saturated heterocycles. The summed E-state index contributed by atoms with van der Waals surface area (Å²) in [5.41, 5.74) is 3.48. The van der Waals surface area contributed by atoms with E-state index in [0.29, 0.717) is 17.1 Å². The molecule has 2 aromatic carbocycles. The van der Waals surface area contributed by atoms with E-state index in [1.54, 1.807) is 18.7 Å². The molecule has 0 unspecified atom stereocenters. The molecule has 9 heteroatoms. The number of nitrogens with zero attached hydrogens (tertiary/aromatic N) is 2. The van der Waals surface area contributed by atoms with Crippen LogP contribution in [0.15, 0.2) is 48.5 Å². The van der Waals surface area contributed by atoms with Gasteiger partial charge in [-0.1, -0.05) is 6.07 Å². The van der Waals surface area contributed by atoms with Crippen LogP contribution in [0.3, 0.4) is 0 Å². The molecule has 0 bridgehead atoms. The third kappa shape index (κ3) is 4.96. The molecule has 0 spiro atoms. The monoisotopic (exact) mass is 440 g/mol. The van der Waals surface area contributed by atoms with E-state index in [0.717, 1.165) is 47.7 Å². The van der Waals surface area contributed by atoms with E-state index in [4.69, 9.17) is 9.94 Å². The predicted octanol–water partition coefficient (Wildman–Crippen LogP) is 2.79. The second-order valence-electron chi connectivity index (χ2n) is 7.31. The first kappa shape index (κ1) is 21.1. The molecule has 162 valence electrons. The number of anilines is 2. The molecule has 2 amide bonds. The molecule has 1 aliphatic rings. The number of carbonyl (C=O) groups excluding carboxylic acids is 2. The van der Waals surface area contributed by atoms with Gasteiger partial charge < -0.3 is 15.0 Å². The molecule has 0 aliphatic carbocycles. The Morgan fingerprint density at radius 1 is 1.06 bits per heavy atom. The molecule has 8 nitrogen and oxygen atoms in total. The van der Waals surface area contributed by atoms with Crippen LogP contribution in [0.1, 0.15) is 9.67 Å². The van der Waals surface area contributed by atoms with Gasteiger partial charge in [0.2, 0.25) is 5.91 Å². The smallest absolute Gasteiger partial charge is 0.284 e. The van der Waals surface area contributed by atoms with Crippen molar-refractivity contribution in [3.63, 3.8) is 0 Å². The molecular weight excluding hydrogens is 416 g/mol. The number of piperazine rings is 1. The molecular formula is C22H24N4O4S. The van der Waals surface area contributed by atoms with Crippen LogP contribution in [0.4, 0.5) is 11.4 Å². The van der Waals surface area contributed by atoms with Gasteiger partial charge in [-0.15, -0.1) is 11.3 Å². The highest BCUT2D eigenvalue weighted by molar-refractivity contribution is 7.20. The molecule has 3 aromatic rings. The lowest BCUT2D eigenvalue weighted by atomic mass is 10.2. The fraction of sp³-hybridized carbons (Fsp3) is 0.273. The first-order valence-electron chi connectivity index (χ1n) is 9.95. The third-order valence-electron chi connectivity index (χ3n) is 5.31. The van der Waals surface area contributed by atoms with Gasteiger partial charge in [0.15, 0.2) is 0 Å². The summed E-state index contributed by atoms with van der Waals surface area (Å²) >= 11 is 1.26. The molecule has 1 fully saturated rings. The zero-order chi connectivity index (χ0) is 21.8. The number of amides is 2. The summed E-state index contributed by atoms with van der Waals surface area (Å²) in [6.07, 6.45) is 0. The lowest BCUT2D eigenvalue weighted by Crippen LogP contribution is -2.48. The Kier molecular flexibility index (Phi) is 6.36. The Hall–Kier alpha value is -3.14. The number of methoxy groups -OCH3 is 1. The Morgan fingerprint density at radius 3 is 2.48 bits per heavy atom. The van der Waals surface area contributed by atoms with Gasteiger partial charge in [0.1, 0.15) is 5.75 Å². The van der Waals surface area contributed by atoms with Crippen molar-refractivity contribution in [2.24, 2.45) is 0 Å². The van der Waals surface area contributed by atoms with Crippen LogP contribution in [-0.4, -0.2) is 61.8 Å². The Balaban J connectivity index is 1.30. The van der Waals surface area contributed by atoms with Gasteiger partial charge in [0.25, 0.3) is 5.91 Å². The van der Waals surface area contributed by atoms with E-state index in [9.17, 15) is 9.59 Å². The Bertz CT molecular complexity index is 1070. The molecule has 4 rings (SSSR count). The first-order valence-corrected chi connectivity index (χ1v) is 10.8. The van der Waals surface area contributed by atoms with Crippen molar-refractivity contribution in [3.8, 4) is 5.75 Å². The standard InChI is InChI=1S/C22H24N4O4S/c1-30-18-6-4-17(5-7-18)26-10-8-25(9-11-26)14-21(27)23-16-3-2-15-12-20(22(28)24-29)31-19(15)13-16/h2-7,12-13,29H,8-11,14H2,1H3,(H,23,27)(H,24,28). The maximum absolute atomic E-state index is 12.5. The quantitative estimate of drug-likeness (QED) is 0.403. The molecule has 31 heavy (non-hydrogen) atoms. The van der Waals surface area contributed by atoms with E-state index in [1.807, 2.05) is 30.3 Å². The molecule has 0 radical (unpaired) electrons. The van der Waals surface area contributed by atoms with Crippen LogP contribution in [-0.2, 0) is 4.79 Å². The second kappa shape index (κ2) is 9.34. The fourth-order valence-corrected chi connectivity index (χ4v) is 4.63. The number of hydrogen-bond acceptors (Lipinski definition) is 7. The van der Waals surface area contributed by atoms with Crippen molar-refractivity contribution in [3.05, 3.63) is 53.4 Å². The fourth-order valence-electron chi connectivity index (χ4n) is 3.64. The molecule has 2 heterocycles. The highest BCUT2D eigenvalue weighted by atomic mass is 32.1. The first-order chi connectivity index (χ1) is 15.1. The summed E-state index contributed by atoms with van der Waals surface area (Å²) < 4.78 is 6.07. The summed E-state index contributed by atoms with van der Waals surface area (Å²) in [5, 5.41) is 12.6. The van der Waals surface area contributed by atoms with E-state index in [2.05, 4.69) is 27.2 Å². The van der Waals surface area contributed by atoms with E-state index in [-0.39, 0.29) is 5.91 Å². The highest BCUT2D eigenvalue weighted by Crippen LogP contribution is 2.28. The van der Waals surface area contributed by atoms with E-state index < -0.39 is 5.91 Å². The zero-order valence-electron chi connectivity index (χ0n) is 17.1. The topological polar surface area (TPSA) is 94.1 Å². The second-order valence-corrected chi connectivity index (χ2v) is 8.40. The van der Waals surface area contributed by atoms with Gasteiger partial charge in [0.05, 0.1) is 18.5 Å². The minimum absolute atomic E-state index is 0.0675. The van der Waals surface area contributed by atoms with Crippen molar-refractivity contribution in [1.82, 2.24) is 10.4 Å². The van der Waals surface area contributed by atoms with Crippen LogP contribution in [0.25, 0.3) is 10.1 Å². The number of hydroxylamine groups is 1. The minimum atomic E-state index is -0.541. The molecule has 0 atom stereocenters. The maximum Gasteiger partial charge on any atom is 0.284 e. The van der Waals surface area contributed by atoms with E-state index in [1.165, 1.54) is 11.3 Å². The number of hydrogen-bond donors (Lipinski definition) is 3. The molecule has 1 aliphatic heterocycles. The number of ether oxygens (including phenoxy) is 1. The largest absolute Gasteiger partial charge is 0.497 e. The lowest BCUT2D eigenvalue weighted by Gasteiger charge is -2.35. The van der Waals surface area contributed by atoms with Crippen LogP contribution >= 0.6 is 11.3 Å². The summed E-state index contributed by atoms with van der Waals surface area (Å²) in [5.74, 6) is 0.232. The van der Waals surface area contributed by atoms with Gasteiger partial charge in [-0.25, -0.2) is 5.48 Å². The summed E-state index contributed by atoms with van der Waals surface area (Å²) in [6, 6.07) is 15.2. The van der Waals surface area contributed by atoms with Crippen molar-refractivity contribution in [2.75, 3.05) is 50.1 Å². The summed E-state index contributed by atoms with van der Waals surface area (Å²) in [7, 11) is 1.66. The highest BCUT2D eigenvalue weighted by Gasteiger charge is 2.19. The summed E-state index contributed by atoms with van der Waals surface area (Å²) in [4.78, 5) is 29.0. The molecule has 1 aromatic heterocycles. The van der Waals surface area contributed by atoms with Crippen LogP contribution in [0.5, 0.6) is 5.75 Å². The van der Waals surface area contributed by atoms with Gasteiger partial charge in [0, 0.05) is 42.3 Å². The summed E-state index contributed by atoms with van der Waals surface area (Å²) in [6.45, 7) is 3.66. The normalized spacial score (nSPS) is 14.5. The van der Waals surface area contributed by atoms with Crippen molar-refractivity contribution < 1.29 is 19.5 Å². The average Bonchev–Trinajstić information content (AvgIpc) is 3.22. The lowest BCUT2D eigenvalue weighted by molar-refractivity contribution is -0.117. The Labute approximate surface area is 184 Å². The number of fused-ring (bicyclic) bond motifs is 1.